The number of hydrogen-bond acceptors (Lipinski definition) is 2. The molecule has 0 radical (unpaired) electrons. The number of ketones is 1. The second-order valence-corrected chi connectivity index (χ2v) is 4.12. The zero-order chi connectivity index (χ0) is 10.2. The van der Waals surface area contributed by atoms with Crippen LogP contribution >= 0.6 is 0 Å². The van der Waals surface area contributed by atoms with Crippen LogP contribution in [0.1, 0.15) is 38.5 Å². The summed E-state index contributed by atoms with van der Waals surface area (Å²) in [6.07, 6.45) is 7.73. The summed E-state index contributed by atoms with van der Waals surface area (Å²) in [5.41, 5.74) is 0. The van der Waals surface area contributed by atoms with Crippen LogP contribution < -0.4 is 5.32 Å². The summed E-state index contributed by atoms with van der Waals surface area (Å²) in [4.78, 5) is 11.5. The number of carbonyl (C=O) groups is 1. The van der Waals surface area contributed by atoms with Crippen molar-refractivity contribution in [3.63, 3.8) is 0 Å². The van der Waals surface area contributed by atoms with Crippen LogP contribution in [0.3, 0.4) is 0 Å². The highest BCUT2D eigenvalue weighted by atomic mass is 16.1. The third kappa shape index (κ3) is 4.56. The van der Waals surface area contributed by atoms with Crippen LogP contribution in [0, 0.1) is 5.92 Å². The predicted molar refractivity (Wildman–Crippen MR) is 59.3 cm³/mol. The van der Waals surface area contributed by atoms with Gasteiger partial charge < -0.3 is 5.32 Å². The Labute approximate surface area is 86.8 Å². The SMILES string of the molecule is C=CCCCC(=O)CC1CCNCC1. The fourth-order valence-electron chi connectivity index (χ4n) is 1.95. The van der Waals surface area contributed by atoms with E-state index in [9.17, 15) is 4.79 Å². The van der Waals surface area contributed by atoms with Crippen LogP contribution in [-0.4, -0.2) is 18.9 Å². The maximum Gasteiger partial charge on any atom is 0.133 e. The van der Waals surface area contributed by atoms with Crippen molar-refractivity contribution in [2.75, 3.05) is 13.1 Å². The molecule has 1 saturated heterocycles. The molecule has 2 heteroatoms. The molecule has 1 aliphatic heterocycles. The van der Waals surface area contributed by atoms with Crippen molar-refractivity contribution in [2.24, 2.45) is 5.92 Å². The van der Waals surface area contributed by atoms with Crippen molar-refractivity contribution >= 4 is 5.78 Å². The van der Waals surface area contributed by atoms with E-state index in [1.807, 2.05) is 6.08 Å². The Kier molecular flexibility index (Phi) is 5.53. The van der Waals surface area contributed by atoms with Gasteiger partial charge in [-0.1, -0.05) is 6.08 Å². The molecule has 0 bridgehead atoms. The van der Waals surface area contributed by atoms with Crippen molar-refractivity contribution < 1.29 is 4.79 Å². The average molecular weight is 195 g/mol. The molecule has 1 aliphatic rings. The molecule has 1 fully saturated rings. The fraction of sp³-hybridized carbons (Fsp3) is 0.750. The van der Waals surface area contributed by atoms with Gasteiger partial charge in [-0.05, 0) is 44.7 Å². The maximum atomic E-state index is 11.5. The first-order valence-corrected chi connectivity index (χ1v) is 5.66. The van der Waals surface area contributed by atoms with Gasteiger partial charge >= 0.3 is 0 Å². The van der Waals surface area contributed by atoms with E-state index >= 15 is 0 Å². The third-order valence-electron chi connectivity index (χ3n) is 2.84. The summed E-state index contributed by atoms with van der Waals surface area (Å²) in [7, 11) is 0. The summed E-state index contributed by atoms with van der Waals surface area (Å²) >= 11 is 0. The maximum absolute atomic E-state index is 11.5. The summed E-state index contributed by atoms with van der Waals surface area (Å²) in [5, 5.41) is 3.32. The fourth-order valence-corrected chi connectivity index (χ4v) is 1.95. The van der Waals surface area contributed by atoms with Gasteiger partial charge in [-0.2, -0.15) is 0 Å². The Morgan fingerprint density at radius 1 is 1.43 bits per heavy atom. The van der Waals surface area contributed by atoms with Crippen LogP contribution in [0.4, 0.5) is 0 Å². The Morgan fingerprint density at radius 3 is 2.79 bits per heavy atom. The quantitative estimate of drug-likeness (QED) is 0.520. The largest absolute Gasteiger partial charge is 0.317 e. The van der Waals surface area contributed by atoms with E-state index < -0.39 is 0 Å². The van der Waals surface area contributed by atoms with E-state index in [1.165, 1.54) is 12.8 Å². The molecule has 1 rings (SSSR count). The molecule has 0 aromatic rings. The summed E-state index contributed by atoms with van der Waals surface area (Å²) in [6.45, 7) is 5.83. The molecule has 2 nitrogen and oxygen atoms in total. The van der Waals surface area contributed by atoms with Gasteiger partial charge in [0.25, 0.3) is 0 Å². The van der Waals surface area contributed by atoms with Gasteiger partial charge in [0, 0.05) is 12.8 Å². The van der Waals surface area contributed by atoms with E-state index in [2.05, 4.69) is 11.9 Å². The lowest BCUT2D eigenvalue weighted by atomic mass is 9.91. The topological polar surface area (TPSA) is 29.1 Å². The highest BCUT2D eigenvalue weighted by Crippen LogP contribution is 2.17. The van der Waals surface area contributed by atoms with Crippen molar-refractivity contribution in [3.05, 3.63) is 12.7 Å². The van der Waals surface area contributed by atoms with Crippen LogP contribution in [0.25, 0.3) is 0 Å². The number of rotatable bonds is 6. The van der Waals surface area contributed by atoms with Crippen LogP contribution in [-0.2, 0) is 4.79 Å². The highest BCUT2D eigenvalue weighted by Gasteiger charge is 2.15. The number of unbranched alkanes of at least 4 members (excludes halogenated alkanes) is 1. The van der Waals surface area contributed by atoms with Gasteiger partial charge in [-0.3, -0.25) is 4.79 Å². The predicted octanol–water partition coefficient (Wildman–Crippen LogP) is 2.30. The van der Waals surface area contributed by atoms with Crippen molar-refractivity contribution in [3.8, 4) is 0 Å². The van der Waals surface area contributed by atoms with Crippen LogP contribution in [0.5, 0.6) is 0 Å². The zero-order valence-corrected chi connectivity index (χ0v) is 8.93. The highest BCUT2D eigenvalue weighted by molar-refractivity contribution is 5.78. The minimum Gasteiger partial charge on any atom is -0.317 e. The van der Waals surface area contributed by atoms with Crippen molar-refractivity contribution in [1.82, 2.24) is 5.32 Å². The number of hydrogen-bond donors (Lipinski definition) is 1. The first-order valence-electron chi connectivity index (χ1n) is 5.66. The van der Waals surface area contributed by atoms with Gasteiger partial charge in [-0.25, -0.2) is 0 Å². The minimum absolute atomic E-state index is 0.443. The van der Waals surface area contributed by atoms with E-state index in [0.29, 0.717) is 11.7 Å². The van der Waals surface area contributed by atoms with Crippen LogP contribution in [0.2, 0.25) is 0 Å². The monoisotopic (exact) mass is 195 g/mol. The molecule has 0 unspecified atom stereocenters. The number of Topliss-reactive ketones (excluding diaryl/α,β-unsaturated/α-hetero) is 1. The lowest BCUT2D eigenvalue weighted by Crippen LogP contribution is -2.28. The van der Waals surface area contributed by atoms with E-state index in [1.54, 1.807) is 0 Å². The molecule has 0 saturated carbocycles. The molecule has 0 aromatic heterocycles. The van der Waals surface area contributed by atoms with E-state index in [4.69, 9.17) is 0 Å². The van der Waals surface area contributed by atoms with Crippen LogP contribution in [0.15, 0.2) is 12.7 Å². The molecule has 0 atom stereocenters. The second-order valence-electron chi connectivity index (χ2n) is 4.12. The van der Waals surface area contributed by atoms with Gasteiger partial charge in [0.05, 0.1) is 0 Å². The molecular formula is C12H21NO. The summed E-state index contributed by atoms with van der Waals surface area (Å²) in [5.74, 6) is 1.09. The number of allylic oxidation sites excluding steroid dienone is 1. The van der Waals surface area contributed by atoms with Crippen molar-refractivity contribution in [2.45, 2.75) is 38.5 Å². The Hall–Kier alpha value is -0.630. The molecule has 1 heterocycles. The third-order valence-corrected chi connectivity index (χ3v) is 2.84. The first kappa shape index (κ1) is 11.4. The van der Waals surface area contributed by atoms with Gasteiger partial charge in [0.2, 0.25) is 0 Å². The molecule has 14 heavy (non-hydrogen) atoms. The second kappa shape index (κ2) is 6.77. The smallest absolute Gasteiger partial charge is 0.133 e. The van der Waals surface area contributed by atoms with Gasteiger partial charge in [-0.15, -0.1) is 6.58 Å². The molecule has 80 valence electrons. The number of piperidine rings is 1. The van der Waals surface area contributed by atoms with E-state index in [-0.39, 0.29) is 0 Å². The standard InChI is InChI=1S/C12H21NO/c1-2-3-4-5-12(14)10-11-6-8-13-9-7-11/h2,11,13H,1,3-10H2. The van der Waals surface area contributed by atoms with E-state index in [0.717, 1.165) is 38.8 Å². The lowest BCUT2D eigenvalue weighted by Gasteiger charge is -2.21. The van der Waals surface area contributed by atoms with Gasteiger partial charge in [0.1, 0.15) is 5.78 Å². The zero-order valence-electron chi connectivity index (χ0n) is 8.93. The minimum atomic E-state index is 0.443. The molecular weight excluding hydrogens is 174 g/mol. The normalized spacial score (nSPS) is 18.0. The summed E-state index contributed by atoms with van der Waals surface area (Å²) in [6, 6.07) is 0. The van der Waals surface area contributed by atoms with Crippen molar-refractivity contribution in [1.29, 1.82) is 0 Å². The molecule has 0 amide bonds. The first-order chi connectivity index (χ1) is 6.83. The summed E-state index contributed by atoms with van der Waals surface area (Å²) < 4.78 is 0. The van der Waals surface area contributed by atoms with Gasteiger partial charge in [0.15, 0.2) is 0 Å². The molecule has 0 aromatic carbocycles. The molecule has 0 spiro atoms. The Bertz CT molecular complexity index is 183. The Morgan fingerprint density at radius 2 is 2.14 bits per heavy atom. The number of nitrogens with one attached hydrogen (secondary N) is 1. The lowest BCUT2D eigenvalue weighted by molar-refractivity contribution is -0.120. The average Bonchev–Trinajstić information content (AvgIpc) is 2.20. The molecule has 1 N–H and O–H groups in total. The Balaban J connectivity index is 2.09. The molecule has 0 aliphatic carbocycles. The number of carbonyl (C=O) groups excluding carboxylic acids is 1.